The molecule has 1 saturated heterocycles. The Labute approximate surface area is 126 Å². The van der Waals surface area contributed by atoms with Crippen LogP contribution in [0.15, 0.2) is 45.9 Å². The predicted octanol–water partition coefficient (Wildman–Crippen LogP) is 2.53. The van der Waals surface area contributed by atoms with E-state index in [0.29, 0.717) is 5.92 Å². The molecule has 0 aliphatic carbocycles. The van der Waals surface area contributed by atoms with Gasteiger partial charge in [-0.3, -0.25) is 0 Å². The number of allylic oxidation sites excluding steroid dienone is 2. The lowest BCUT2D eigenvalue weighted by molar-refractivity contribution is -0.493. The van der Waals surface area contributed by atoms with E-state index in [1.807, 2.05) is 24.9 Å². The smallest absolute Gasteiger partial charge is 0.226 e. The molecule has 3 heterocycles. The molecule has 3 atom stereocenters. The molecule has 0 amide bonds. The highest BCUT2D eigenvalue weighted by molar-refractivity contribution is 5.97. The summed E-state index contributed by atoms with van der Waals surface area (Å²) in [6, 6.07) is 0.0518. The molecule has 5 nitrogen and oxygen atoms in total. The normalized spacial score (nSPS) is 29.5. The lowest BCUT2D eigenvalue weighted by Gasteiger charge is -2.23. The van der Waals surface area contributed by atoms with Gasteiger partial charge in [0.2, 0.25) is 12.1 Å². The SMILES string of the molecule is C=C1C[C@@H]([C@@H](C)OC2=NC(C)=CC3N=[N+](C)C=C23)CN1C. The van der Waals surface area contributed by atoms with E-state index in [4.69, 9.17) is 4.74 Å². The summed E-state index contributed by atoms with van der Waals surface area (Å²) in [6.45, 7) is 9.20. The quantitative estimate of drug-likeness (QED) is 0.732. The van der Waals surface area contributed by atoms with Gasteiger partial charge in [0.15, 0.2) is 13.1 Å². The van der Waals surface area contributed by atoms with Crippen molar-refractivity contribution < 1.29 is 9.43 Å². The predicted molar refractivity (Wildman–Crippen MR) is 82.1 cm³/mol. The van der Waals surface area contributed by atoms with Gasteiger partial charge < -0.3 is 9.64 Å². The molecule has 1 fully saturated rings. The van der Waals surface area contributed by atoms with Gasteiger partial charge in [0.25, 0.3) is 0 Å². The standard InChI is InChI=1S/C16H23N4O/c1-10-6-15-14(9-20(5)18-15)16(17-10)21-12(3)13-7-11(2)19(4)8-13/h6,9,12-13,15H,2,7-8H2,1,3-5H3/q+1/t12-,13-,15?/m1/s1. The summed E-state index contributed by atoms with van der Waals surface area (Å²) in [6.07, 6.45) is 5.17. The molecule has 1 unspecified atom stereocenters. The Balaban J connectivity index is 1.74. The van der Waals surface area contributed by atoms with Crippen LogP contribution in [0.4, 0.5) is 0 Å². The third-order valence-corrected chi connectivity index (χ3v) is 4.38. The topological polar surface area (TPSA) is 40.2 Å². The maximum absolute atomic E-state index is 6.19. The average molecular weight is 287 g/mol. The first-order valence-electron chi connectivity index (χ1n) is 7.42. The third-order valence-electron chi connectivity index (χ3n) is 4.38. The van der Waals surface area contributed by atoms with Crippen LogP contribution in [0.2, 0.25) is 0 Å². The Morgan fingerprint density at radius 2 is 2.29 bits per heavy atom. The minimum atomic E-state index is 0.0518. The molecule has 21 heavy (non-hydrogen) atoms. The van der Waals surface area contributed by atoms with Gasteiger partial charge in [0.1, 0.15) is 11.7 Å². The number of azo groups is 2. The molecule has 3 aliphatic heterocycles. The molecular weight excluding hydrogens is 264 g/mol. The van der Waals surface area contributed by atoms with Crippen LogP contribution < -0.4 is 0 Å². The molecule has 0 N–H and O–H groups in total. The highest BCUT2D eigenvalue weighted by Gasteiger charge is 2.35. The average Bonchev–Trinajstić information content (AvgIpc) is 2.92. The fourth-order valence-corrected chi connectivity index (χ4v) is 3.05. The third kappa shape index (κ3) is 2.64. The summed E-state index contributed by atoms with van der Waals surface area (Å²) >= 11 is 0. The second-order valence-corrected chi connectivity index (χ2v) is 6.18. The van der Waals surface area contributed by atoms with Gasteiger partial charge in [-0.1, -0.05) is 11.3 Å². The summed E-state index contributed by atoms with van der Waals surface area (Å²) in [7, 11) is 4.02. The molecule has 0 bridgehead atoms. The lowest BCUT2D eigenvalue weighted by atomic mass is 10.0. The second kappa shape index (κ2) is 5.13. The molecule has 0 aromatic heterocycles. The van der Waals surface area contributed by atoms with Crippen LogP contribution in [0.25, 0.3) is 0 Å². The van der Waals surface area contributed by atoms with Crippen LogP contribution in [-0.4, -0.2) is 48.3 Å². The van der Waals surface area contributed by atoms with Gasteiger partial charge >= 0.3 is 0 Å². The van der Waals surface area contributed by atoms with Crippen LogP contribution >= 0.6 is 0 Å². The number of hydrogen-bond donors (Lipinski definition) is 0. The summed E-state index contributed by atoms with van der Waals surface area (Å²) in [4.78, 5) is 6.78. The first-order chi connectivity index (χ1) is 9.94. The number of aliphatic imine (C=N–C) groups is 1. The van der Waals surface area contributed by atoms with E-state index >= 15 is 0 Å². The molecule has 112 valence electrons. The van der Waals surface area contributed by atoms with Gasteiger partial charge in [0.05, 0.1) is 0 Å². The highest BCUT2D eigenvalue weighted by atomic mass is 16.5. The van der Waals surface area contributed by atoms with E-state index in [0.717, 1.165) is 30.1 Å². The number of hydrogen-bond acceptors (Lipinski definition) is 4. The van der Waals surface area contributed by atoms with Crippen molar-refractivity contribution in [2.24, 2.45) is 16.0 Å². The van der Waals surface area contributed by atoms with Crippen molar-refractivity contribution in [2.75, 3.05) is 20.6 Å². The number of ether oxygens (including phenoxy) is 1. The van der Waals surface area contributed by atoms with E-state index in [9.17, 15) is 0 Å². The Bertz CT molecular complexity index is 599. The van der Waals surface area contributed by atoms with Crippen molar-refractivity contribution in [2.45, 2.75) is 32.4 Å². The van der Waals surface area contributed by atoms with Gasteiger partial charge in [-0.15, -0.1) is 0 Å². The zero-order valence-electron chi connectivity index (χ0n) is 13.2. The first-order valence-corrected chi connectivity index (χ1v) is 7.42. The maximum atomic E-state index is 6.19. The van der Waals surface area contributed by atoms with Crippen molar-refractivity contribution in [3.05, 3.63) is 35.8 Å². The first kappa shape index (κ1) is 14.0. The molecule has 0 radical (unpaired) electrons. The summed E-state index contributed by atoms with van der Waals surface area (Å²) in [5, 5.41) is 4.52. The molecule has 3 rings (SSSR count). The van der Waals surface area contributed by atoms with Crippen molar-refractivity contribution in [1.29, 1.82) is 0 Å². The zero-order valence-corrected chi connectivity index (χ0v) is 13.2. The highest BCUT2D eigenvalue weighted by Crippen LogP contribution is 2.30. The van der Waals surface area contributed by atoms with Gasteiger partial charge in [-0.2, -0.15) is 0 Å². The zero-order chi connectivity index (χ0) is 15.1. The fraction of sp³-hybridized carbons (Fsp3) is 0.562. The van der Waals surface area contributed by atoms with E-state index in [2.05, 4.69) is 41.6 Å². The van der Waals surface area contributed by atoms with Crippen LogP contribution in [0.1, 0.15) is 20.3 Å². The molecule has 0 aromatic rings. The van der Waals surface area contributed by atoms with Crippen LogP contribution in [-0.2, 0) is 4.74 Å². The van der Waals surface area contributed by atoms with Gasteiger partial charge in [-0.25, -0.2) is 4.99 Å². The van der Waals surface area contributed by atoms with Crippen LogP contribution in [0.5, 0.6) is 0 Å². The minimum Gasteiger partial charge on any atom is -0.474 e. The molecule has 0 saturated carbocycles. The Morgan fingerprint density at radius 1 is 1.52 bits per heavy atom. The van der Waals surface area contributed by atoms with Crippen molar-refractivity contribution in [3.63, 3.8) is 0 Å². The number of nitrogens with zero attached hydrogens (tertiary/aromatic N) is 4. The van der Waals surface area contributed by atoms with Crippen molar-refractivity contribution in [1.82, 2.24) is 4.90 Å². The molecule has 3 aliphatic rings. The largest absolute Gasteiger partial charge is 0.474 e. The van der Waals surface area contributed by atoms with E-state index in [1.54, 1.807) is 0 Å². The van der Waals surface area contributed by atoms with Crippen LogP contribution in [0, 0.1) is 5.92 Å². The van der Waals surface area contributed by atoms with Crippen LogP contribution in [0.3, 0.4) is 0 Å². The lowest BCUT2D eigenvalue weighted by Crippen LogP contribution is -2.29. The number of likely N-dealkylation sites (tertiary alicyclic amines) is 1. The van der Waals surface area contributed by atoms with E-state index in [-0.39, 0.29) is 12.1 Å². The monoisotopic (exact) mass is 287 g/mol. The van der Waals surface area contributed by atoms with E-state index in [1.165, 1.54) is 5.70 Å². The van der Waals surface area contributed by atoms with E-state index < -0.39 is 0 Å². The second-order valence-electron chi connectivity index (χ2n) is 6.18. The van der Waals surface area contributed by atoms with Crippen molar-refractivity contribution in [3.8, 4) is 0 Å². The Kier molecular flexibility index (Phi) is 3.43. The summed E-state index contributed by atoms with van der Waals surface area (Å²) in [5.41, 5.74) is 3.20. The fourth-order valence-electron chi connectivity index (χ4n) is 3.05. The Morgan fingerprint density at radius 3 is 2.95 bits per heavy atom. The van der Waals surface area contributed by atoms with Crippen molar-refractivity contribution >= 4 is 5.90 Å². The van der Waals surface area contributed by atoms with Gasteiger partial charge in [-0.05, 0) is 31.5 Å². The summed E-state index contributed by atoms with van der Waals surface area (Å²) < 4.78 is 8.03. The number of rotatable bonds is 2. The minimum absolute atomic E-state index is 0.0518. The Hall–Kier alpha value is -1.91. The molecule has 0 spiro atoms. The molecular formula is C16H23N4O+. The van der Waals surface area contributed by atoms with Gasteiger partial charge in [0, 0.05) is 30.9 Å². The summed E-state index contributed by atoms with van der Waals surface area (Å²) in [5.74, 6) is 1.19. The number of fused-ring (bicyclic) bond motifs is 1. The molecule has 0 aromatic carbocycles. The molecule has 5 heteroatoms. The maximum Gasteiger partial charge on any atom is 0.226 e.